The molecule has 0 spiro atoms. The number of carbonyl (C=O) groups excluding carboxylic acids is 1. The third kappa shape index (κ3) is 3.14. The number of fused-ring (bicyclic) bond motifs is 2. The second kappa shape index (κ2) is 6.95. The van der Waals surface area contributed by atoms with Crippen molar-refractivity contribution >= 4 is 44.5 Å². The average molecular weight is 390 g/mol. The highest BCUT2D eigenvalue weighted by Crippen LogP contribution is 2.29. The molecule has 1 saturated heterocycles. The monoisotopic (exact) mass is 389 g/mol. The van der Waals surface area contributed by atoms with Crippen LogP contribution in [0.5, 0.6) is 0 Å². The minimum atomic E-state index is -0.212. The molecule has 1 aliphatic heterocycles. The summed E-state index contributed by atoms with van der Waals surface area (Å²) in [4.78, 5) is 21.7. The summed E-state index contributed by atoms with van der Waals surface area (Å²) in [5.74, 6) is 0.952. The lowest BCUT2D eigenvalue weighted by Crippen LogP contribution is -2.35. The summed E-state index contributed by atoms with van der Waals surface area (Å²) < 4.78 is 0. The van der Waals surface area contributed by atoms with E-state index in [1.165, 1.54) is 16.5 Å². The molecule has 28 heavy (non-hydrogen) atoms. The Hall–Kier alpha value is -2.85. The predicted octanol–water partition coefficient (Wildman–Crippen LogP) is 5.36. The van der Waals surface area contributed by atoms with Gasteiger partial charge in [-0.3, -0.25) is 4.79 Å². The van der Waals surface area contributed by atoms with Gasteiger partial charge in [0.05, 0.1) is 5.52 Å². The number of piperidine rings is 1. The highest BCUT2D eigenvalue weighted by atomic mass is 35.5. The first kappa shape index (κ1) is 17.3. The van der Waals surface area contributed by atoms with E-state index >= 15 is 0 Å². The van der Waals surface area contributed by atoms with Crippen molar-refractivity contribution in [3.8, 4) is 11.1 Å². The van der Waals surface area contributed by atoms with Gasteiger partial charge in [0.15, 0.2) is 0 Å². The molecule has 0 saturated carbocycles. The number of anilines is 1. The van der Waals surface area contributed by atoms with Crippen LogP contribution in [0.4, 0.5) is 5.82 Å². The molecule has 2 aromatic heterocycles. The van der Waals surface area contributed by atoms with Crippen molar-refractivity contribution in [2.45, 2.75) is 12.8 Å². The maximum Gasteiger partial charge on any atom is 0.224 e. The van der Waals surface area contributed by atoms with E-state index in [0.717, 1.165) is 48.2 Å². The standard InChI is InChI=1S/C23H20ClN3O/c24-23(28)15-8-11-27(12-9-15)22-6-3-18-13-17(2-5-21(18)26-22)16-1-4-20-19(14-16)7-10-25-20/h1-7,10,13-15,25H,8-9,11-12H2. The van der Waals surface area contributed by atoms with E-state index in [4.69, 9.17) is 16.6 Å². The fourth-order valence-electron chi connectivity index (χ4n) is 4.04. The molecule has 4 aromatic rings. The second-order valence-electron chi connectivity index (χ2n) is 7.42. The molecule has 5 rings (SSSR count). The lowest BCUT2D eigenvalue weighted by molar-refractivity contribution is -0.115. The van der Waals surface area contributed by atoms with Gasteiger partial charge in [-0.2, -0.15) is 0 Å². The second-order valence-corrected chi connectivity index (χ2v) is 7.79. The Balaban J connectivity index is 1.42. The number of aromatic amines is 1. The van der Waals surface area contributed by atoms with Gasteiger partial charge in [0.25, 0.3) is 0 Å². The Morgan fingerprint density at radius 2 is 1.71 bits per heavy atom. The largest absolute Gasteiger partial charge is 0.361 e. The molecule has 5 heteroatoms. The van der Waals surface area contributed by atoms with Gasteiger partial charge in [-0.15, -0.1) is 0 Å². The molecule has 3 heterocycles. The maximum atomic E-state index is 11.4. The smallest absolute Gasteiger partial charge is 0.224 e. The molecule has 1 fully saturated rings. The molecule has 0 atom stereocenters. The molecule has 1 aliphatic rings. The van der Waals surface area contributed by atoms with Crippen molar-refractivity contribution in [2.24, 2.45) is 5.92 Å². The molecule has 140 valence electrons. The van der Waals surface area contributed by atoms with Crippen molar-refractivity contribution in [3.63, 3.8) is 0 Å². The molecule has 0 aliphatic carbocycles. The fraction of sp³-hybridized carbons (Fsp3) is 0.217. The van der Waals surface area contributed by atoms with Crippen molar-refractivity contribution in [1.29, 1.82) is 0 Å². The van der Waals surface area contributed by atoms with Gasteiger partial charge in [0, 0.05) is 36.1 Å². The number of carbonyl (C=O) groups is 1. The van der Waals surface area contributed by atoms with E-state index in [1.54, 1.807) is 0 Å². The van der Waals surface area contributed by atoms with Crippen molar-refractivity contribution < 1.29 is 4.79 Å². The number of hydrogen-bond acceptors (Lipinski definition) is 3. The first-order chi connectivity index (χ1) is 13.7. The lowest BCUT2D eigenvalue weighted by Gasteiger charge is -2.31. The SMILES string of the molecule is O=C(Cl)C1CCN(c2ccc3cc(-c4ccc5[nH]ccc5c4)ccc3n2)CC1. The molecule has 1 N–H and O–H groups in total. The lowest BCUT2D eigenvalue weighted by atomic mass is 9.98. The number of hydrogen-bond donors (Lipinski definition) is 1. The van der Waals surface area contributed by atoms with E-state index in [1.807, 2.05) is 6.20 Å². The normalized spacial score (nSPS) is 15.4. The Kier molecular flexibility index (Phi) is 4.29. The highest BCUT2D eigenvalue weighted by Gasteiger charge is 2.24. The van der Waals surface area contributed by atoms with Crippen LogP contribution in [-0.4, -0.2) is 28.3 Å². The molecule has 0 radical (unpaired) electrons. The number of rotatable bonds is 3. The first-order valence-electron chi connectivity index (χ1n) is 9.60. The first-order valence-corrected chi connectivity index (χ1v) is 9.98. The third-order valence-electron chi connectivity index (χ3n) is 5.70. The zero-order chi connectivity index (χ0) is 19.1. The summed E-state index contributed by atoms with van der Waals surface area (Å²) in [6.07, 6.45) is 3.55. The van der Waals surface area contributed by atoms with Gasteiger partial charge in [0.1, 0.15) is 5.82 Å². The van der Waals surface area contributed by atoms with E-state index in [0.29, 0.717) is 0 Å². The van der Waals surface area contributed by atoms with Gasteiger partial charge in [0.2, 0.25) is 5.24 Å². The van der Waals surface area contributed by atoms with Crippen molar-refractivity contribution in [2.75, 3.05) is 18.0 Å². The van der Waals surface area contributed by atoms with E-state index in [2.05, 4.69) is 64.5 Å². The molecule has 4 nitrogen and oxygen atoms in total. The summed E-state index contributed by atoms with van der Waals surface area (Å²) in [6, 6.07) is 19.2. The van der Waals surface area contributed by atoms with Gasteiger partial charge in [-0.25, -0.2) is 4.98 Å². The Labute approximate surface area is 168 Å². The van der Waals surface area contributed by atoms with Crippen LogP contribution < -0.4 is 4.90 Å². The number of nitrogens with zero attached hydrogens (tertiary/aromatic N) is 2. The van der Waals surface area contributed by atoms with Crippen LogP contribution in [0.25, 0.3) is 32.9 Å². The molecule has 0 amide bonds. The van der Waals surface area contributed by atoms with Crippen LogP contribution in [0.1, 0.15) is 12.8 Å². The number of pyridine rings is 1. The number of nitrogens with one attached hydrogen (secondary N) is 1. The van der Waals surface area contributed by atoms with Crippen LogP contribution in [0, 0.1) is 5.92 Å². The molecular weight excluding hydrogens is 370 g/mol. The Bertz CT molecular complexity index is 1170. The van der Waals surface area contributed by atoms with Crippen LogP contribution in [-0.2, 0) is 4.79 Å². The van der Waals surface area contributed by atoms with Crippen LogP contribution in [0.3, 0.4) is 0 Å². The van der Waals surface area contributed by atoms with Crippen LogP contribution >= 0.6 is 11.6 Å². The number of aromatic nitrogens is 2. The van der Waals surface area contributed by atoms with E-state index in [9.17, 15) is 4.79 Å². The number of halogens is 1. The molecule has 0 unspecified atom stereocenters. The minimum absolute atomic E-state index is 0.0155. The average Bonchev–Trinajstić information content (AvgIpc) is 3.21. The topological polar surface area (TPSA) is 49.0 Å². The Morgan fingerprint density at radius 1 is 0.964 bits per heavy atom. The van der Waals surface area contributed by atoms with E-state index < -0.39 is 0 Å². The molecular formula is C23H20ClN3O. The predicted molar refractivity (Wildman–Crippen MR) is 115 cm³/mol. The third-order valence-corrected chi connectivity index (χ3v) is 6.01. The van der Waals surface area contributed by atoms with Crippen molar-refractivity contribution in [3.05, 3.63) is 60.8 Å². The van der Waals surface area contributed by atoms with Crippen LogP contribution in [0.2, 0.25) is 0 Å². The summed E-state index contributed by atoms with van der Waals surface area (Å²) in [5, 5.41) is 2.13. The minimum Gasteiger partial charge on any atom is -0.361 e. The summed E-state index contributed by atoms with van der Waals surface area (Å²) in [7, 11) is 0. The highest BCUT2D eigenvalue weighted by molar-refractivity contribution is 6.64. The zero-order valence-corrected chi connectivity index (χ0v) is 16.1. The summed E-state index contributed by atoms with van der Waals surface area (Å²) in [6.45, 7) is 1.63. The summed E-state index contributed by atoms with van der Waals surface area (Å²) >= 11 is 5.64. The molecule has 2 aromatic carbocycles. The number of benzene rings is 2. The van der Waals surface area contributed by atoms with Gasteiger partial charge in [-0.05, 0) is 83.4 Å². The molecule has 0 bridgehead atoms. The quantitative estimate of drug-likeness (QED) is 0.479. The zero-order valence-electron chi connectivity index (χ0n) is 15.4. The van der Waals surface area contributed by atoms with Crippen LogP contribution in [0.15, 0.2) is 60.8 Å². The summed E-state index contributed by atoms with van der Waals surface area (Å²) in [5.41, 5.74) is 4.52. The van der Waals surface area contributed by atoms with E-state index in [-0.39, 0.29) is 11.2 Å². The maximum absolute atomic E-state index is 11.4. The fourth-order valence-corrected chi connectivity index (χ4v) is 4.26. The van der Waals surface area contributed by atoms with Gasteiger partial charge < -0.3 is 9.88 Å². The van der Waals surface area contributed by atoms with Gasteiger partial charge in [-0.1, -0.05) is 12.1 Å². The number of H-pyrrole nitrogens is 1. The van der Waals surface area contributed by atoms with Crippen molar-refractivity contribution in [1.82, 2.24) is 9.97 Å². The van der Waals surface area contributed by atoms with Gasteiger partial charge >= 0.3 is 0 Å². The Morgan fingerprint density at radius 3 is 2.50 bits per heavy atom.